The van der Waals surface area contributed by atoms with Gasteiger partial charge in [-0.1, -0.05) is 23.7 Å². The van der Waals surface area contributed by atoms with Gasteiger partial charge in [0.25, 0.3) is 11.4 Å². The number of nitro benzene ring substituents is 1. The van der Waals surface area contributed by atoms with Crippen LogP contribution >= 0.6 is 11.6 Å². The largest absolute Gasteiger partial charge is 0.455 e. The number of rotatable bonds is 5. The minimum Gasteiger partial charge on any atom is -0.455 e. The summed E-state index contributed by atoms with van der Waals surface area (Å²) in [4.78, 5) is 21.5. The Labute approximate surface area is 183 Å². The van der Waals surface area contributed by atoms with Gasteiger partial charge in [0.2, 0.25) is 0 Å². The van der Waals surface area contributed by atoms with Gasteiger partial charge >= 0.3 is 6.18 Å². The zero-order valence-electron chi connectivity index (χ0n) is 15.9. The van der Waals surface area contributed by atoms with Crippen LogP contribution in [0.4, 0.5) is 18.9 Å². The summed E-state index contributed by atoms with van der Waals surface area (Å²) >= 11 is 5.97. The highest BCUT2D eigenvalue weighted by molar-refractivity contribution is 6.32. The molecule has 0 fully saturated rings. The lowest BCUT2D eigenvalue weighted by molar-refractivity contribution is -0.427. The van der Waals surface area contributed by atoms with Gasteiger partial charge in [0, 0.05) is 23.4 Å². The molecule has 3 rings (SSSR count). The van der Waals surface area contributed by atoms with E-state index in [0.717, 1.165) is 18.2 Å². The summed E-state index contributed by atoms with van der Waals surface area (Å²) in [6, 6.07) is 7.74. The van der Waals surface area contributed by atoms with Crippen molar-refractivity contribution in [2.24, 2.45) is 5.73 Å². The number of hydrogen-bond donors (Lipinski definition) is 1. The standard InChI is InChI=1S/C20H13ClF3N3O5/c21-16-9-12(20(22,23)24)5-6-18(16)32-19(15-3-1-2-4-17(15)27(30)31)11-7-13(25)10-14(8-11)26(28)29/h1-7,9-10H,8,25H2. The second-order valence-corrected chi connectivity index (χ2v) is 6.99. The van der Waals surface area contributed by atoms with Gasteiger partial charge in [-0.05, 0) is 30.3 Å². The van der Waals surface area contributed by atoms with E-state index in [9.17, 15) is 33.4 Å². The van der Waals surface area contributed by atoms with Gasteiger partial charge in [-0.15, -0.1) is 0 Å². The highest BCUT2D eigenvalue weighted by atomic mass is 35.5. The summed E-state index contributed by atoms with van der Waals surface area (Å²) < 4.78 is 44.6. The van der Waals surface area contributed by atoms with Gasteiger partial charge in [0.05, 0.1) is 32.4 Å². The molecule has 0 atom stereocenters. The highest BCUT2D eigenvalue weighted by Crippen LogP contribution is 2.39. The van der Waals surface area contributed by atoms with Gasteiger partial charge in [0.15, 0.2) is 0 Å². The number of ether oxygens (including phenoxy) is 1. The molecule has 2 N–H and O–H groups in total. The normalized spacial score (nSPS) is 15.5. The summed E-state index contributed by atoms with van der Waals surface area (Å²) in [5, 5.41) is 22.4. The van der Waals surface area contributed by atoms with Crippen LogP contribution in [0.25, 0.3) is 5.76 Å². The van der Waals surface area contributed by atoms with Crippen molar-refractivity contribution in [3.05, 3.63) is 108 Å². The van der Waals surface area contributed by atoms with Crippen molar-refractivity contribution in [3.63, 3.8) is 0 Å². The van der Waals surface area contributed by atoms with Crippen LogP contribution in [0.2, 0.25) is 5.02 Å². The van der Waals surface area contributed by atoms with E-state index >= 15 is 0 Å². The topological polar surface area (TPSA) is 122 Å². The zero-order valence-corrected chi connectivity index (χ0v) is 16.7. The molecule has 32 heavy (non-hydrogen) atoms. The molecule has 0 amide bonds. The van der Waals surface area contributed by atoms with E-state index in [0.29, 0.717) is 6.07 Å². The Hall–Kier alpha value is -3.86. The lowest BCUT2D eigenvalue weighted by Crippen LogP contribution is -2.12. The minimum absolute atomic E-state index is 0.00356. The first-order valence-electron chi connectivity index (χ1n) is 8.81. The van der Waals surface area contributed by atoms with Crippen LogP contribution < -0.4 is 10.5 Å². The van der Waals surface area contributed by atoms with Crippen molar-refractivity contribution in [1.82, 2.24) is 0 Å². The number of allylic oxidation sites excluding steroid dienone is 3. The highest BCUT2D eigenvalue weighted by Gasteiger charge is 2.32. The van der Waals surface area contributed by atoms with Crippen molar-refractivity contribution in [2.75, 3.05) is 0 Å². The molecule has 0 spiro atoms. The van der Waals surface area contributed by atoms with Crippen LogP contribution in [0, 0.1) is 20.2 Å². The van der Waals surface area contributed by atoms with E-state index in [1.807, 2.05) is 0 Å². The summed E-state index contributed by atoms with van der Waals surface area (Å²) in [6.45, 7) is 0. The molecule has 12 heteroatoms. The summed E-state index contributed by atoms with van der Waals surface area (Å²) in [6.07, 6.45) is -2.48. The molecule has 0 bridgehead atoms. The lowest BCUT2D eigenvalue weighted by Gasteiger charge is -2.18. The molecular weight excluding hydrogens is 455 g/mol. The minimum atomic E-state index is -4.65. The Morgan fingerprint density at radius 2 is 1.75 bits per heavy atom. The predicted molar refractivity (Wildman–Crippen MR) is 109 cm³/mol. The van der Waals surface area contributed by atoms with Crippen LogP contribution in [0.5, 0.6) is 5.75 Å². The molecule has 1 aliphatic rings. The SMILES string of the molecule is NC1=CC(=C(Oc2ccc(C(F)(F)F)cc2Cl)c2ccccc2[N+](=O)[O-])CC([N+](=O)[O-])=C1. The first-order chi connectivity index (χ1) is 15.0. The molecule has 1 aliphatic carbocycles. The average Bonchev–Trinajstić information content (AvgIpc) is 2.71. The third-order valence-corrected chi connectivity index (χ3v) is 4.68. The molecule has 2 aromatic carbocycles. The van der Waals surface area contributed by atoms with E-state index in [1.165, 1.54) is 30.3 Å². The molecule has 0 aliphatic heterocycles. The van der Waals surface area contributed by atoms with E-state index in [-0.39, 0.29) is 46.1 Å². The number of para-hydroxylation sites is 1. The van der Waals surface area contributed by atoms with E-state index in [4.69, 9.17) is 22.1 Å². The van der Waals surface area contributed by atoms with E-state index < -0.39 is 26.6 Å². The molecule has 0 saturated carbocycles. The molecule has 2 aromatic rings. The van der Waals surface area contributed by atoms with Gasteiger partial charge < -0.3 is 10.5 Å². The van der Waals surface area contributed by atoms with Crippen molar-refractivity contribution < 1.29 is 27.8 Å². The molecular formula is C20H13ClF3N3O5. The molecule has 0 heterocycles. The quantitative estimate of drug-likeness (QED) is 0.354. The average molecular weight is 468 g/mol. The van der Waals surface area contributed by atoms with Gasteiger partial charge in [-0.2, -0.15) is 13.2 Å². The first-order valence-corrected chi connectivity index (χ1v) is 9.19. The number of halogens is 4. The number of nitro groups is 2. The first kappa shape index (κ1) is 22.8. The van der Waals surface area contributed by atoms with Crippen LogP contribution in [0.15, 0.2) is 71.6 Å². The maximum Gasteiger partial charge on any atom is 0.416 e. The van der Waals surface area contributed by atoms with Gasteiger partial charge in [-0.3, -0.25) is 20.2 Å². The summed E-state index contributed by atoms with van der Waals surface area (Å²) in [7, 11) is 0. The zero-order chi connectivity index (χ0) is 23.6. The fourth-order valence-corrected chi connectivity index (χ4v) is 3.20. The van der Waals surface area contributed by atoms with Crippen LogP contribution in [-0.4, -0.2) is 9.85 Å². The van der Waals surface area contributed by atoms with Crippen LogP contribution in [0.1, 0.15) is 17.5 Å². The van der Waals surface area contributed by atoms with Crippen LogP contribution in [0.3, 0.4) is 0 Å². The Kier molecular flexibility index (Phi) is 6.21. The van der Waals surface area contributed by atoms with Gasteiger partial charge in [0.1, 0.15) is 11.5 Å². The fraction of sp³-hybridized carbons (Fsp3) is 0.100. The van der Waals surface area contributed by atoms with Crippen molar-refractivity contribution in [2.45, 2.75) is 12.6 Å². The maximum atomic E-state index is 12.9. The third kappa shape index (κ3) is 4.89. The maximum absolute atomic E-state index is 12.9. The fourth-order valence-electron chi connectivity index (χ4n) is 2.98. The molecule has 166 valence electrons. The van der Waals surface area contributed by atoms with Crippen molar-refractivity contribution in [3.8, 4) is 5.75 Å². The molecule has 0 unspecified atom stereocenters. The number of benzene rings is 2. The third-order valence-electron chi connectivity index (χ3n) is 4.39. The van der Waals surface area contributed by atoms with Crippen molar-refractivity contribution >= 4 is 23.0 Å². The molecule has 0 aromatic heterocycles. The Bertz CT molecular complexity index is 1210. The number of alkyl halides is 3. The van der Waals surface area contributed by atoms with E-state index in [2.05, 4.69) is 0 Å². The van der Waals surface area contributed by atoms with Crippen molar-refractivity contribution in [1.29, 1.82) is 0 Å². The van der Waals surface area contributed by atoms with Crippen LogP contribution in [-0.2, 0) is 6.18 Å². The second kappa shape index (κ2) is 8.71. The second-order valence-electron chi connectivity index (χ2n) is 6.59. The lowest BCUT2D eigenvalue weighted by atomic mass is 9.98. The summed E-state index contributed by atoms with van der Waals surface area (Å²) in [5.41, 5.74) is 4.12. The number of nitrogens with two attached hydrogens (primary N) is 1. The Morgan fingerprint density at radius 1 is 1.06 bits per heavy atom. The molecule has 8 nitrogen and oxygen atoms in total. The molecule has 0 saturated heterocycles. The smallest absolute Gasteiger partial charge is 0.416 e. The Morgan fingerprint density at radius 3 is 2.34 bits per heavy atom. The monoisotopic (exact) mass is 467 g/mol. The summed E-state index contributed by atoms with van der Waals surface area (Å²) in [5.74, 6) is -0.432. The van der Waals surface area contributed by atoms with Gasteiger partial charge in [-0.25, -0.2) is 0 Å². The predicted octanol–water partition coefficient (Wildman–Crippen LogP) is 5.46. The number of hydrogen-bond acceptors (Lipinski definition) is 6. The van der Waals surface area contributed by atoms with E-state index in [1.54, 1.807) is 0 Å². The number of nitrogens with zero attached hydrogens (tertiary/aromatic N) is 2. The Balaban J connectivity index is 2.19. The molecule has 0 radical (unpaired) electrons.